The molecule has 0 radical (unpaired) electrons. The molecule has 0 saturated heterocycles. The lowest BCUT2D eigenvalue weighted by molar-refractivity contribution is 0.0912. The fourth-order valence-electron chi connectivity index (χ4n) is 8.55. The van der Waals surface area contributed by atoms with Gasteiger partial charge in [0.25, 0.3) is 0 Å². The highest BCUT2D eigenvalue weighted by molar-refractivity contribution is 7.34. The van der Waals surface area contributed by atoms with Gasteiger partial charge in [-0.15, -0.1) is 68.0 Å². The van der Waals surface area contributed by atoms with Crippen LogP contribution in [-0.4, -0.2) is 5.78 Å². The molecule has 0 spiro atoms. The summed E-state index contributed by atoms with van der Waals surface area (Å²) in [5.41, 5.74) is 3.21. The smallest absolute Gasteiger partial charge is 0.175 e. The van der Waals surface area contributed by atoms with Crippen molar-refractivity contribution < 1.29 is 4.79 Å². The molecule has 57 heavy (non-hydrogen) atoms. The van der Waals surface area contributed by atoms with Crippen molar-refractivity contribution >= 4 is 104 Å². The van der Waals surface area contributed by atoms with E-state index in [1.807, 2.05) is 45.3 Å². The Morgan fingerprint density at radius 3 is 1.74 bits per heavy atom. The average Bonchev–Trinajstić information content (AvgIpc) is 4.06. The van der Waals surface area contributed by atoms with Gasteiger partial charge in [0.05, 0.1) is 19.3 Å². The van der Waals surface area contributed by atoms with Gasteiger partial charge < -0.3 is 0 Å². The largest absolute Gasteiger partial charge is 0.293 e. The lowest BCUT2D eigenvalue weighted by Crippen LogP contribution is -2.12. The quantitative estimate of drug-likeness (QED) is 0.0462. The van der Waals surface area contributed by atoms with Crippen molar-refractivity contribution in [3.8, 4) is 29.3 Å². The van der Waals surface area contributed by atoms with Gasteiger partial charge in [-0.1, -0.05) is 105 Å². The molecule has 304 valence electrons. The van der Waals surface area contributed by atoms with Gasteiger partial charge in [-0.05, 0) is 117 Å². The third kappa shape index (κ3) is 9.76. The van der Waals surface area contributed by atoms with E-state index in [2.05, 4.69) is 95.3 Å². The predicted octanol–water partition coefficient (Wildman–Crippen LogP) is 19.3. The zero-order chi connectivity index (χ0) is 39.9. The molecular weight excluding hydrogens is 809 g/mol. The molecule has 6 aromatic heterocycles. The van der Waals surface area contributed by atoms with E-state index in [9.17, 15) is 4.79 Å². The van der Waals surface area contributed by atoms with E-state index in [4.69, 9.17) is 0 Å². The molecule has 0 aliphatic heterocycles. The number of Topliss-reactive ketones (excluding diaryl/α,β-unsaturated/α-hetero) is 1. The van der Waals surface area contributed by atoms with E-state index in [-0.39, 0.29) is 5.92 Å². The number of carbonyl (C=O) groups is 1. The number of benzene rings is 1. The van der Waals surface area contributed by atoms with Crippen molar-refractivity contribution in [2.45, 2.75) is 157 Å². The number of aryl methyl sites for hydroxylation is 4. The number of hydrogen-bond acceptors (Lipinski definition) is 7. The summed E-state index contributed by atoms with van der Waals surface area (Å²) >= 11 is 11.6. The molecule has 0 N–H and O–H groups in total. The maximum absolute atomic E-state index is 13.9. The first-order chi connectivity index (χ1) is 27.8. The Kier molecular flexibility index (Phi) is 15.4. The van der Waals surface area contributed by atoms with Crippen LogP contribution in [-0.2, 0) is 12.8 Å². The van der Waals surface area contributed by atoms with Gasteiger partial charge in [-0.25, -0.2) is 0 Å². The molecule has 7 rings (SSSR count). The van der Waals surface area contributed by atoms with Gasteiger partial charge in [0.2, 0.25) is 0 Å². The molecule has 1 unspecified atom stereocenters. The molecule has 1 aromatic carbocycles. The zero-order valence-corrected chi connectivity index (χ0v) is 40.1. The molecule has 1 nitrogen and oxygen atoms in total. The van der Waals surface area contributed by atoms with Crippen LogP contribution in [0.25, 0.3) is 59.5 Å². The minimum atomic E-state index is 0.115. The second-order valence-electron chi connectivity index (χ2n) is 16.2. The Hall–Kier alpha value is -2.13. The normalized spacial score (nSPS) is 12.6. The van der Waals surface area contributed by atoms with Crippen LogP contribution in [0.3, 0.4) is 0 Å². The van der Waals surface area contributed by atoms with Crippen molar-refractivity contribution in [3.63, 3.8) is 0 Å². The van der Waals surface area contributed by atoms with Gasteiger partial charge in [-0.3, -0.25) is 4.79 Å². The van der Waals surface area contributed by atoms with Crippen LogP contribution in [0.15, 0.2) is 42.5 Å². The third-order valence-corrected chi connectivity index (χ3v) is 19.2. The first-order valence-corrected chi connectivity index (χ1v) is 27.0. The van der Waals surface area contributed by atoms with Crippen molar-refractivity contribution in [1.29, 1.82) is 0 Å². The van der Waals surface area contributed by atoms with Gasteiger partial charge in [-0.2, -0.15) is 0 Å². The number of hydrogen-bond donors (Lipinski definition) is 0. The lowest BCUT2D eigenvalue weighted by Gasteiger charge is -2.12. The second kappa shape index (κ2) is 20.4. The average molecular weight is 871 g/mol. The molecule has 1 atom stereocenters. The van der Waals surface area contributed by atoms with E-state index < -0.39 is 0 Å². The summed E-state index contributed by atoms with van der Waals surface area (Å²) in [6.07, 6.45) is 22.5. The van der Waals surface area contributed by atoms with Crippen molar-refractivity contribution in [1.82, 2.24) is 0 Å². The monoisotopic (exact) mass is 870 g/mol. The predicted molar refractivity (Wildman–Crippen MR) is 264 cm³/mol. The minimum absolute atomic E-state index is 0.115. The summed E-state index contributed by atoms with van der Waals surface area (Å²) in [5.74, 6) is 0.460. The summed E-state index contributed by atoms with van der Waals surface area (Å²) in [6.45, 7) is 13.5. The zero-order valence-electron chi connectivity index (χ0n) is 35.2. The Labute approximate surface area is 366 Å². The topological polar surface area (TPSA) is 17.1 Å². The van der Waals surface area contributed by atoms with Crippen LogP contribution in [0, 0.1) is 19.8 Å². The molecule has 6 heterocycles. The number of ketones is 1. The number of rotatable bonds is 23. The summed E-state index contributed by atoms with van der Waals surface area (Å²) in [6, 6.07) is 16.6. The highest BCUT2D eigenvalue weighted by atomic mass is 32.1. The molecule has 0 fully saturated rings. The summed E-state index contributed by atoms with van der Waals surface area (Å²) in [7, 11) is 0. The molecule has 7 aromatic rings. The van der Waals surface area contributed by atoms with Crippen molar-refractivity contribution in [2.24, 2.45) is 5.92 Å². The molecule has 0 amide bonds. The number of thiophene rings is 6. The second-order valence-corrected chi connectivity index (χ2v) is 23.0. The molecular formula is C50H62OS6. The van der Waals surface area contributed by atoms with Crippen molar-refractivity contribution in [3.05, 3.63) is 68.2 Å². The summed E-state index contributed by atoms with van der Waals surface area (Å²) < 4.78 is 4.40. The third-order valence-electron chi connectivity index (χ3n) is 11.8. The van der Waals surface area contributed by atoms with E-state index in [0.29, 0.717) is 5.78 Å². The fourth-order valence-corrected chi connectivity index (χ4v) is 15.8. The summed E-state index contributed by atoms with van der Waals surface area (Å²) in [4.78, 5) is 25.7. The first kappa shape index (κ1) is 43.0. The fraction of sp³-hybridized carbons (Fsp3) is 0.500. The Balaban J connectivity index is 1.27. The van der Waals surface area contributed by atoms with E-state index in [0.717, 1.165) is 30.6 Å². The summed E-state index contributed by atoms with van der Waals surface area (Å²) in [5, 5.41) is 4.33. The highest BCUT2D eigenvalue weighted by Crippen LogP contribution is 2.53. The first-order valence-electron chi connectivity index (χ1n) is 22.1. The number of carbonyl (C=O) groups excluding carboxylic acids is 1. The molecule has 0 aliphatic carbocycles. The van der Waals surface area contributed by atoms with Crippen LogP contribution in [0.5, 0.6) is 0 Å². The molecule has 0 saturated carbocycles. The maximum Gasteiger partial charge on any atom is 0.175 e. The van der Waals surface area contributed by atoms with Crippen LogP contribution in [0.1, 0.15) is 161 Å². The van der Waals surface area contributed by atoms with Gasteiger partial charge in [0, 0.05) is 50.0 Å². The highest BCUT2D eigenvalue weighted by Gasteiger charge is 2.26. The van der Waals surface area contributed by atoms with Crippen LogP contribution in [0.2, 0.25) is 0 Å². The van der Waals surface area contributed by atoms with Crippen LogP contribution >= 0.6 is 68.0 Å². The van der Waals surface area contributed by atoms with Gasteiger partial charge in [0.1, 0.15) is 0 Å². The maximum atomic E-state index is 13.9. The van der Waals surface area contributed by atoms with Crippen molar-refractivity contribution in [2.75, 3.05) is 0 Å². The van der Waals surface area contributed by atoms with E-state index in [1.165, 1.54) is 144 Å². The molecule has 0 bridgehead atoms. The minimum Gasteiger partial charge on any atom is -0.293 e. The molecule has 0 aliphatic rings. The number of fused-ring (bicyclic) bond motifs is 3. The Morgan fingerprint density at radius 2 is 1.09 bits per heavy atom. The van der Waals surface area contributed by atoms with E-state index in [1.54, 1.807) is 37.2 Å². The van der Waals surface area contributed by atoms with Crippen LogP contribution in [0.4, 0.5) is 0 Å². The number of unbranched alkanes of at least 4 members (excludes halogenated alkanes) is 11. The van der Waals surface area contributed by atoms with Gasteiger partial charge >= 0.3 is 0 Å². The molecule has 7 heteroatoms. The Bertz CT molecular complexity index is 2310. The Morgan fingerprint density at radius 1 is 0.491 bits per heavy atom. The lowest BCUT2D eigenvalue weighted by atomic mass is 9.94. The SMILES string of the molecule is CCCCCCCCc1c2cc(-c3ccc(-c4sc(-c5ccc(C)s5)c5cc(C(=O)C(CC)CCCC)sc45)s3)sc2c(CCCCCCCC)c2cc(C)sc12. The van der Waals surface area contributed by atoms with Gasteiger partial charge in [0.15, 0.2) is 5.78 Å². The van der Waals surface area contributed by atoms with Crippen LogP contribution < -0.4 is 0 Å². The standard InChI is InChI=1S/C50H62OS6/c1-7-11-14-16-18-20-23-35-37-29-33(6)53-46(37)36(24-21-19-17-15-12-8-2)38-30-43(55-47(35)38)40-27-28-42(54-40)50-49-39(48(57-50)41-26-25-32(5)52-41)31-44(56-49)45(51)34(10-4)22-13-9-3/h25-31,34H,7-24H2,1-6H3. The van der Waals surface area contributed by atoms with E-state index >= 15 is 0 Å².